The molecule has 0 aliphatic carbocycles. The van der Waals surface area contributed by atoms with E-state index in [1.54, 1.807) is 0 Å². The molecule has 0 aliphatic rings. The first-order valence-electron chi connectivity index (χ1n) is 19.2. The minimum Gasteiger partial charge on any atom is -0.456 e. The molecule has 0 N–H and O–H groups in total. The molecule has 11 aromatic carbocycles. The summed E-state index contributed by atoms with van der Waals surface area (Å²) in [4.78, 5) is 0. The Morgan fingerprint density at radius 3 is 1.36 bits per heavy atom. The van der Waals surface area contributed by atoms with Gasteiger partial charge in [0, 0.05) is 30.9 Å². The maximum Gasteiger partial charge on any atom is 0.136 e. The molecule has 0 aliphatic heterocycles. The van der Waals surface area contributed by atoms with Gasteiger partial charge in [0.15, 0.2) is 0 Å². The number of benzene rings is 11. The predicted molar refractivity (Wildman–Crippen MR) is 243 cm³/mol. The fraction of sp³-hybridized carbons (Fsp3) is 0. The molecule has 0 atom stereocenters. The van der Waals surface area contributed by atoms with Gasteiger partial charge in [0.1, 0.15) is 11.2 Å². The van der Waals surface area contributed by atoms with Crippen LogP contribution in [0.4, 0.5) is 0 Å². The molecular formula is C54H30OS. The first-order valence-corrected chi connectivity index (χ1v) is 20.1. The fourth-order valence-corrected chi connectivity index (χ4v) is 10.9. The van der Waals surface area contributed by atoms with E-state index in [4.69, 9.17) is 4.42 Å². The summed E-state index contributed by atoms with van der Waals surface area (Å²) in [7, 11) is 0. The number of hydrogen-bond acceptors (Lipinski definition) is 2. The Morgan fingerprint density at radius 1 is 0.268 bits per heavy atom. The second kappa shape index (κ2) is 11.3. The van der Waals surface area contributed by atoms with Crippen molar-refractivity contribution in [2.45, 2.75) is 0 Å². The molecule has 2 aromatic heterocycles. The van der Waals surface area contributed by atoms with Gasteiger partial charge in [-0.25, -0.2) is 0 Å². The largest absolute Gasteiger partial charge is 0.456 e. The van der Waals surface area contributed by atoms with Crippen LogP contribution in [-0.2, 0) is 0 Å². The number of hydrogen-bond donors (Lipinski definition) is 0. The molecule has 258 valence electrons. The third-order valence-electron chi connectivity index (χ3n) is 12.2. The quantitative estimate of drug-likeness (QED) is 0.128. The van der Waals surface area contributed by atoms with Gasteiger partial charge < -0.3 is 4.42 Å². The highest BCUT2D eigenvalue weighted by Crippen LogP contribution is 2.47. The first kappa shape index (κ1) is 30.3. The SMILES string of the molecule is c1ccc2cc3c(cc2c1)oc1ccc(-c2c4ccccc4c(-c4ccc5c(c4)sc4cc6c7ccccc7c7ccccc7c6cc45)c4ccccc24)cc13. The zero-order valence-electron chi connectivity index (χ0n) is 30.1. The molecule has 0 fully saturated rings. The Morgan fingerprint density at radius 2 is 0.732 bits per heavy atom. The fourth-order valence-electron chi connectivity index (χ4n) is 9.70. The van der Waals surface area contributed by atoms with E-state index in [-0.39, 0.29) is 0 Å². The molecule has 0 radical (unpaired) electrons. The molecule has 13 rings (SSSR count). The lowest BCUT2D eigenvalue weighted by Gasteiger charge is -2.18. The highest BCUT2D eigenvalue weighted by Gasteiger charge is 2.19. The van der Waals surface area contributed by atoms with Crippen LogP contribution < -0.4 is 0 Å². The standard InChI is InChI=1S/C54H30OS/c1-2-12-32-27-50-47(25-31(32)11-1)46-26-33(22-24-49(46)55-50)53-40-17-7-9-19-42(40)54(43-20-10-8-18-41(43)53)34-21-23-39-48-29-44-37-15-5-3-13-35(37)36-14-4-6-16-38(36)45(44)30-52(48)56-51(39)28-34/h1-30H. The zero-order chi connectivity index (χ0) is 36.5. The second-order valence-corrected chi connectivity index (χ2v) is 16.2. The van der Waals surface area contributed by atoms with Crippen molar-refractivity contribution in [3.63, 3.8) is 0 Å². The highest BCUT2D eigenvalue weighted by atomic mass is 32.1. The van der Waals surface area contributed by atoms with Crippen LogP contribution in [0.2, 0.25) is 0 Å². The molecule has 2 heterocycles. The van der Waals surface area contributed by atoms with Crippen LogP contribution in [0.3, 0.4) is 0 Å². The molecule has 1 nitrogen and oxygen atoms in total. The van der Waals surface area contributed by atoms with Gasteiger partial charge in [0.05, 0.1) is 0 Å². The predicted octanol–water partition coefficient (Wildman–Crippen LogP) is 16.2. The molecule has 56 heavy (non-hydrogen) atoms. The Balaban J connectivity index is 1.04. The van der Waals surface area contributed by atoms with Crippen LogP contribution >= 0.6 is 11.3 Å². The Labute approximate surface area is 325 Å². The number of furan rings is 1. The maximum absolute atomic E-state index is 6.42. The van der Waals surface area contributed by atoms with Crippen molar-refractivity contribution in [1.82, 2.24) is 0 Å². The van der Waals surface area contributed by atoms with Gasteiger partial charge in [-0.2, -0.15) is 0 Å². The normalized spacial score (nSPS) is 12.3. The molecule has 0 bridgehead atoms. The molecular weight excluding hydrogens is 697 g/mol. The van der Waals surface area contributed by atoms with Crippen LogP contribution in [0.1, 0.15) is 0 Å². The van der Waals surface area contributed by atoms with E-state index in [1.807, 2.05) is 11.3 Å². The van der Waals surface area contributed by atoms with E-state index < -0.39 is 0 Å². The Bertz CT molecular complexity index is 3770. The lowest BCUT2D eigenvalue weighted by atomic mass is 9.85. The van der Waals surface area contributed by atoms with Gasteiger partial charge in [-0.1, -0.05) is 140 Å². The average Bonchev–Trinajstić information content (AvgIpc) is 3.80. The molecule has 0 saturated carbocycles. The molecule has 0 amide bonds. The molecule has 0 saturated heterocycles. The lowest BCUT2D eigenvalue weighted by molar-refractivity contribution is 0.669. The summed E-state index contributed by atoms with van der Waals surface area (Å²) in [5.41, 5.74) is 6.81. The van der Waals surface area contributed by atoms with E-state index in [0.717, 1.165) is 21.9 Å². The van der Waals surface area contributed by atoms with Crippen LogP contribution in [0.25, 0.3) is 129 Å². The minimum atomic E-state index is 0.912. The summed E-state index contributed by atoms with van der Waals surface area (Å²) in [5.74, 6) is 0. The summed E-state index contributed by atoms with van der Waals surface area (Å²) in [5, 5.41) is 20.2. The van der Waals surface area contributed by atoms with Crippen LogP contribution in [0, 0.1) is 0 Å². The van der Waals surface area contributed by atoms with Gasteiger partial charge >= 0.3 is 0 Å². The van der Waals surface area contributed by atoms with E-state index in [2.05, 4.69) is 182 Å². The topological polar surface area (TPSA) is 13.1 Å². The van der Waals surface area contributed by atoms with Crippen molar-refractivity contribution in [3.05, 3.63) is 182 Å². The van der Waals surface area contributed by atoms with Crippen LogP contribution in [0.15, 0.2) is 186 Å². The Hall–Kier alpha value is -7.00. The minimum absolute atomic E-state index is 0.912. The lowest BCUT2D eigenvalue weighted by Crippen LogP contribution is -1.90. The first-order chi connectivity index (χ1) is 27.7. The van der Waals surface area contributed by atoms with E-state index in [1.165, 1.54) is 107 Å². The number of thiophene rings is 1. The van der Waals surface area contributed by atoms with Crippen molar-refractivity contribution in [3.8, 4) is 22.3 Å². The van der Waals surface area contributed by atoms with Crippen molar-refractivity contribution in [2.75, 3.05) is 0 Å². The molecule has 2 heteroatoms. The third kappa shape index (κ3) is 4.19. The second-order valence-electron chi connectivity index (χ2n) is 15.1. The van der Waals surface area contributed by atoms with E-state index in [9.17, 15) is 0 Å². The van der Waals surface area contributed by atoms with Crippen molar-refractivity contribution < 1.29 is 4.42 Å². The monoisotopic (exact) mass is 726 g/mol. The van der Waals surface area contributed by atoms with Gasteiger partial charge in [0.25, 0.3) is 0 Å². The zero-order valence-corrected chi connectivity index (χ0v) is 31.0. The number of rotatable bonds is 2. The van der Waals surface area contributed by atoms with Gasteiger partial charge in [0.2, 0.25) is 0 Å². The summed E-state index contributed by atoms with van der Waals surface area (Å²) in [6.07, 6.45) is 0. The third-order valence-corrected chi connectivity index (χ3v) is 13.3. The smallest absolute Gasteiger partial charge is 0.136 e. The average molecular weight is 727 g/mol. The summed E-state index contributed by atoms with van der Waals surface area (Å²) < 4.78 is 9.05. The van der Waals surface area contributed by atoms with Crippen molar-refractivity contribution >= 4 is 118 Å². The van der Waals surface area contributed by atoms with Gasteiger partial charge in [-0.3, -0.25) is 0 Å². The van der Waals surface area contributed by atoms with Gasteiger partial charge in [-0.15, -0.1) is 11.3 Å². The van der Waals surface area contributed by atoms with Crippen LogP contribution in [0.5, 0.6) is 0 Å². The van der Waals surface area contributed by atoms with E-state index in [0.29, 0.717) is 0 Å². The van der Waals surface area contributed by atoms with Crippen LogP contribution in [-0.4, -0.2) is 0 Å². The summed E-state index contributed by atoms with van der Waals surface area (Å²) >= 11 is 1.90. The highest BCUT2D eigenvalue weighted by molar-refractivity contribution is 7.26. The molecule has 0 spiro atoms. The van der Waals surface area contributed by atoms with Gasteiger partial charge in [-0.05, 0) is 129 Å². The Kier molecular flexibility index (Phi) is 6.11. The van der Waals surface area contributed by atoms with Crippen molar-refractivity contribution in [1.29, 1.82) is 0 Å². The van der Waals surface area contributed by atoms with Crippen molar-refractivity contribution in [2.24, 2.45) is 0 Å². The number of fused-ring (bicyclic) bond motifs is 15. The maximum atomic E-state index is 6.42. The molecule has 0 unspecified atom stereocenters. The summed E-state index contributed by atoms with van der Waals surface area (Å²) in [6.45, 7) is 0. The van der Waals surface area contributed by atoms with E-state index >= 15 is 0 Å². The summed E-state index contributed by atoms with van der Waals surface area (Å²) in [6, 6.07) is 67.3. The molecule has 13 aromatic rings.